The number of fused-ring (bicyclic) bond motifs is 1. The molecule has 2 aromatic heterocycles. The van der Waals surface area contributed by atoms with Crippen LogP contribution in [0.25, 0.3) is 22.2 Å². The van der Waals surface area contributed by atoms with Gasteiger partial charge in [-0.05, 0) is 56.7 Å². The van der Waals surface area contributed by atoms with E-state index in [0.717, 1.165) is 27.9 Å². The predicted molar refractivity (Wildman–Crippen MR) is 124 cm³/mol. The molecule has 0 saturated heterocycles. The second-order valence-electron chi connectivity index (χ2n) is 8.25. The Bertz CT molecular complexity index is 1080. The van der Waals surface area contributed by atoms with Crippen LogP contribution < -0.4 is 5.73 Å². The maximum atomic E-state index is 14.4. The lowest BCUT2D eigenvalue weighted by atomic mass is 10.0. The summed E-state index contributed by atoms with van der Waals surface area (Å²) in [5.74, 6) is -0.278. The molecule has 2 heterocycles. The molecule has 0 aliphatic heterocycles. The van der Waals surface area contributed by atoms with Crippen LogP contribution in [0, 0.1) is 6.92 Å². The Hall–Kier alpha value is -2.15. The Morgan fingerprint density at radius 3 is 2.67 bits per heavy atom. The summed E-state index contributed by atoms with van der Waals surface area (Å²) in [6.07, 6.45) is 1.39. The van der Waals surface area contributed by atoms with Crippen molar-refractivity contribution >= 4 is 22.8 Å². The first-order valence-corrected chi connectivity index (χ1v) is 11.0. The van der Waals surface area contributed by atoms with E-state index in [1.54, 1.807) is 31.7 Å². The molecule has 3 rings (SSSR count). The number of nitrogens with two attached hydrogens (primary N) is 1. The summed E-state index contributed by atoms with van der Waals surface area (Å²) >= 11 is 1.80. The van der Waals surface area contributed by atoms with Gasteiger partial charge in [0.05, 0.1) is 23.3 Å². The number of aromatic nitrogens is 2. The zero-order valence-corrected chi connectivity index (χ0v) is 19.1. The van der Waals surface area contributed by atoms with Crippen molar-refractivity contribution in [3.8, 4) is 11.1 Å². The Balaban J connectivity index is 2.26. The minimum Gasteiger partial charge on any atom is -0.384 e. The molecule has 0 saturated carbocycles. The van der Waals surface area contributed by atoms with E-state index in [1.165, 1.54) is 11.0 Å². The molecule has 0 fully saturated rings. The fourth-order valence-electron chi connectivity index (χ4n) is 3.57. The molecule has 0 aliphatic carbocycles. The number of aliphatic hydroxyl groups is 1. The van der Waals surface area contributed by atoms with Crippen LogP contribution in [-0.2, 0) is 12.1 Å². The highest BCUT2D eigenvalue weighted by molar-refractivity contribution is 7.99. The number of halogens is 1. The van der Waals surface area contributed by atoms with Crippen molar-refractivity contribution in [3.63, 3.8) is 0 Å². The summed E-state index contributed by atoms with van der Waals surface area (Å²) in [5.41, 5.74) is 9.52. The Morgan fingerprint density at radius 1 is 1.30 bits per heavy atom. The van der Waals surface area contributed by atoms with Gasteiger partial charge in [0.1, 0.15) is 11.4 Å². The summed E-state index contributed by atoms with van der Waals surface area (Å²) in [6, 6.07) is 12.1. The Morgan fingerprint density at radius 2 is 2.03 bits per heavy atom. The molecule has 0 spiro atoms. The van der Waals surface area contributed by atoms with Crippen LogP contribution in [-0.4, -0.2) is 26.5 Å². The van der Waals surface area contributed by atoms with E-state index in [1.807, 2.05) is 23.6 Å². The van der Waals surface area contributed by atoms with Gasteiger partial charge in [0.15, 0.2) is 0 Å². The van der Waals surface area contributed by atoms with E-state index in [4.69, 9.17) is 10.7 Å². The van der Waals surface area contributed by atoms with Crippen molar-refractivity contribution in [2.45, 2.75) is 56.9 Å². The van der Waals surface area contributed by atoms with Crippen LogP contribution in [0.15, 0.2) is 53.2 Å². The van der Waals surface area contributed by atoms with E-state index in [0.29, 0.717) is 10.9 Å². The van der Waals surface area contributed by atoms with Gasteiger partial charge in [-0.3, -0.25) is 0 Å². The summed E-state index contributed by atoms with van der Waals surface area (Å²) < 4.78 is 16.3. The average molecular weight is 428 g/mol. The van der Waals surface area contributed by atoms with Gasteiger partial charge in [0.25, 0.3) is 0 Å². The lowest BCUT2D eigenvalue weighted by molar-refractivity contribution is 0.0742. The normalized spacial score (nSPS) is 12.9. The molecule has 30 heavy (non-hydrogen) atoms. The topological polar surface area (TPSA) is 64.1 Å². The molecule has 4 nitrogen and oxygen atoms in total. The first-order valence-electron chi connectivity index (χ1n) is 10.2. The summed E-state index contributed by atoms with van der Waals surface area (Å²) in [7, 11) is 0. The molecule has 3 N–H and O–H groups in total. The van der Waals surface area contributed by atoms with Gasteiger partial charge >= 0.3 is 0 Å². The van der Waals surface area contributed by atoms with Crippen LogP contribution >= 0.6 is 11.8 Å². The van der Waals surface area contributed by atoms with Crippen molar-refractivity contribution in [2.75, 3.05) is 6.54 Å². The molecule has 0 aliphatic rings. The van der Waals surface area contributed by atoms with Crippen LogP contribution in [0.1, 0.15) is 39.1 Å². The summed E-state index contributed by atoms with van der Waals surface area (Å²) in [6.45, 7) is 10.0. The zero-order valence-electron chi connectivity index (χ0n) is 18.2. The number of allylic oxidation sites excluding steroid dienone is 1. The first kappa shape index (κ1) is 22.5. The number of hydrogen-bond donors (Lipinski definition) is 2. The van der Waals surface area contributed by atoms with E-state index in [2.05, 4.69) is 32.0 Å². The Kier molecular flexibility index (Phi) is 6.70. The Labute approximate surface area is 182 Å². The fraction of sp³-hybridized carbons (Fsp3) is 0.375. The smallest absolute Gasteiger partial charge is 0.117 e. The highest BCUT2D eigenvalue weighted by Crippen LogP contribution is 2.37. The fourth-order valence-corrected chi connectivity index (χ4v) is 4.47. The third kappa shape index (κ3) is 4.77. The maximum Gasteiger partial charge on any atom is 0.117 e. The zero-order chi connectivity index (χ0) is 22.1. The van der Waals surface area contributed by atoms with Crippen LogP contribution in [0.3, 0.4) is 0 Å². The van der Waals surface area contributed by atoms with Gasteiger partial charge < -0.3 is 15.4 Å². The van der Waals surface area contributed by atoms with Crippen LogP contribution in [0.2, 0.25) is 0 Å². The third-order valence-electron chi connectivity index (χ3n) is 4.94. The van der Waals surface area contributed by atoms with E-state index in [-0.39, 0.29) is 18.9 Å². The number of hydrogen-bond acceptors (Lipinski definition) is 4. The average Bonchev–Trinajstić information content (AvgIpc) is 2.92. The number of thioether (sulfide) groups is 1. The monoisotopic (exact) mass is 427 g/mol. The summed E-state index contributed by atoms with van der Waals surface area (Å²) in [4.78, 5) is 5.98. The summed E-state index contributed by atoms with van der Waals surface area (Å²) in [5, 5.41) is 11.0. The van der Waals surface area contributed by atoms with E-state index < -0.39 is 5.60 Å². The van der Waals surface area contributed by atoms with Gasteiger partial charge in [-0.15, -0.1) is 11.8 Å². The number of nitrogens with zero attached hydrogens (tertiary/aromatic N) is 2. The van der Waals surface area contributed by atoms with Crippen molar-refractivity contribution in [1.82, 2.24) is 9.55 Å². The molecule has 0 atom stereocenters. The lowest BCUT2D eigenvalue weighted by Gasteiger charge is -2.16. The molecule has 160 valence electrons. The molecule has 0 unspecified atom stereocenters. The molecule has 0 radical (unpaired) electrons. The van der Waals surface area contributed by atoms with Crippen molar-refractivity contribution < 1.29 is 9.50 Å². The minimum atomic E-state index is -1.07. The lowest BCUT2D eigenvalue weighted by Crippen LogP contribution is -2.17. The molecule has 3 aromatic rings. The quantitative estimate of drug-likeness (QED) is 0.485. The maximum absolute atomic E-state index is 14.4. The predicted octanol–water partition coefficient (Wildman–Crippen LogP) is 5.55. The minimum absolute atomic E-state index is 0.101. The highest BCUT2D eigenvalue weighted by Gasteiger charge is 2.23. The van der Waals surface area contributed by atoms with Crippen LogP contribution in [0.5, 0.6) is 0 Å². The van der Waals surface area contributed by atoms with Gasteiger partial charge in [0, 0.05) is 27.9 Å². The van der Waals surface area contributed by atoms with Gasteiger partial charge in [-0.25, -0.2) is 9.37 Å². The molecule has 0 amide bonds. The van der Waals surface area contributed by atoms with Gasteiger partial charge in [-0.1, -0.05) is 26.0 Å². The van der Waals surface area contributed by atoms with Crippen molar-refractivity contribution in [3.05, 3.63) is 59.7 Å². The third-order valence-corrected chi connectivity index (χ3v) is 5.94. The first-order chi connectivity index (χ1) is 14.1. The standard InChI is InChI=1S/C24H30FN3OS/c1-15(2)30-19-8-6-7-17(13-19)22-16(3)28(14-18(25)11-12-26)20-9-10-21(24(4,5)29)27-23(20)22/h6-11,13,15,29H,12,14,26H2,1-5H3/b18-11-. The van der Waals surface area contributed by atoms with Crippen LogP contribution in [0.4, 0.5) is 4.39 Å². The molecule has 0 bridgehead atoms. The SMILES string of the molecule is Cc1c(-c2cccc(SC(C)C)c2)c2nc(C(C)(C)O)ccc2n1C/C(F)=C/CN. The second kappa shape index (κ2) is 8.92. The number of benzene rings is 1. The highest BCUT2D eigenvalue weighted by atomic mass is 32.2. The second-order valence-corrected chi connectivity index (χ2v) is 9.90. The molecule has 6 heteroatoms. The molecule has 1 aromatic carbocycles. The van der Waals surface area contributed by atoms with E-state index in [9.17, 15) is 9.50 Å². The van der Waals surface area contributed by atoms with Crippen molar-refractivity contribution in [2.24, 2.45) is 5.73 Å². The van der Waals surface area contributed by atoms with E-state index >= 15 is 0 Å². The largest absolute Gasteiger partial charge is 0.384 e. The van der Waals surface area contributed by atoms with Gasteiger partial charge in [-0.2, -0.15) is 0 Å². The molecular weight excluding hydrogens is 397 g/mol. The van der Waals surface area contributed by atoms with Gasteiger partial charge in [0.2, 0.25) is 0 Å². The van der Waals surface area contributed by atoms with Crippen molar-refractivity contribution in [1.29, 1.82) is 0 Å². The number of rotatable bonds is 7. The number of pyridine rings is 1. The molecular formula is C24H30FN3OS.